The molecule has 0 fully saturated rings. The van der Waals surface area contributed by atoms with Crippen molar-refractivity contribution in [3.8, 4) is 11.5 Å². The molecule has 0 aliphatic heterocycles. The summed E-state index contributed by atoms with van der Waals surface area (Å²) in [5.41, 5.74) is 2.75. The Morgan fingerprint density at radius 1 is 1.09 bits per heavy atom. The second-order valence-corrected chi connectivity index (χ2v) is 6.43. The Bertz CT molecular complexity index is 848. The molecule has 6 heteroatoms. The molecule has 0 radical (unpaired) electrons. The zero-order valence-corrected chi connectivity index (χ0v) is 13.0. The number of carbonyl (C=O) groups excluding carboxylic acids is 1. The van der Waals surface area contributed by atoms with Crippen molar-refractivity contribution in [2.24, 2.45) is 0 Å². The van der Waals surface area contributed by atoms with E-state index >= 15 is 0 Å². The lowest BCUT2D eigenvalue weighted by molar-refractivity contribution is 0.0979. The van der Waals surface area contributed by atoms with Gasteiger partial charge in [0.25, 0.3) is 5.22 Å². The van der Waals surface area contributed by atoms with Gasteiger partial charge in [-0.3, -0.25) is 9.78 Å². The molecule has 0 bridgehead atoms. The number of aryl methyl sites for hydroxylation is 1. The first-order chi connectivity index (χ1) is 11.3. The minimum Gasteiger partial charge on any atom is -0.411 e. The minimum absolute atomic E-state index is 0.139. The fraction of sp³-hybridized carbons (Fsp3) is 0.176. The van der Waals surface area contributed by atoms with Crippen LogP contribution in [0.5, 0.6) is 0 Å². The number of aromatic nitrogens is 3. The maximum Gasteiger partial charge on any atom is 0.277 e. The molecule has 0 spiro atoms. The number of pyridine rings is 1. The molecule has 1 aliphatic carbocycles. The first-order valence-electron chi connectivity index (χ1n) is 7.34. The van der Waals surface area contributed by atoms with Gasteiger partial charge in [-0.2, -0.15) is 0 Å². The van der Waals surface area contributed by atoms with Crippen molar-refractivity contribution in [3.63, 3.8) is 0 Å². The summed E-state index contributed by atoms with van der Waals surface area (Å²) in [6.45, 7) is 0. The predicted molar refractivity (Wildman–Crippen MR) is 86.3 cm³/mol. The highest BCUT2D eigenvalue weighted by Crippen LogP contribution is 2.33. The largest absolute Gasteiger partial charge is 0.411 e. The van der Waals surface area contributed by atoms with Gasteiger partial charge < -0.3 is 4.42 Å². The van der Waals surface area contributed by atoms with E-state index in [2.05, 4.69) is 15.2 Å². The number of thioether (sulfide) groups is 1. The first kappa shape index (κ1) is 14.1. The van der Waals surface area contributed by atoms with E-state index in [0.717, 1.165) is 29.5 Å². The van der Waals surface area contributed by atoms with Crippen molar-refractivity contribution in [2.75, 3.05) is 0 Å². The molecule has 3 aromatic rings. The first-order valence-corrected chi connectivity index (χ1v) is 8.22. The Morgan fingerprint density at radius 3 is 2.78 bits per heavy atom. The van der Waals surface area contributed by atoms with Crippen LogP contribution in [0.15, 0.2) is 58.4 Å². The number of rotatable bonds is 3. The lowest BCUT2D eigenvalue weighted by atomic mass is 9.90. The van der Waals surface area contributed by atoms with E-state index in [4.69, 9.17) is 4.42 Å². The SMILES string of the molecule is O=C1c2ccccc2CC[C@@H]1Sc1nnc(-c2ccncc2)o1. The van der Waals surface area contributed by atoms with E-state index in [9.17, 15) is 4.79 Å². The lowest BCUT2D eigenvalue weighted by Crippen LogP contribution is -2.24. The Balaban J connectivity index is 1.54. The topological polar surface area (TPSA) is 68.9 Å². The van der Waals surface area contributed by atoms with Crippen LogP contribution in [-0.4, -0.2) is 26.2 Å². The van der Waals surface area contributed by atoms with E-state index in [0.29, 0.717) is 11.1 Å². The number of hydrogen-bond donors (Lipinski definition) is 0. The standard InChI is InChI=1S/C17H13N3O2S/c21-15-13-4-2-1-3-11(13)5-6-14(15)23-17-20-19-16(22-17)12-7-9-18-10-8-12/h1-4,7-10,14H,5-6H2/t14-/m0/s1. The van der Waals surface area contributed by atoms with Crippen molar-refractivity contribution in [3.05, 3.63) is 59.9 Å². The van der Waals surface area contributed by atoms with Crippen molar-refractivity contribution in [1.82, 2.24) is 15.2 Å². The van der Waals surface area contributed by atoms with Gasteiger partial charge in [0.05, 0.1) is 5.25 Å². The van der Waals surface area contributed by atoms with Crippen LogP contribution in [0.3, 0.4) is 0 Å². The zero-order chi connectivity index (χ0) is 15.6. The van der Waals surface area contributed by atoms with Gasteiger partial charge >= 0.3 is 0 Å². The Morgan fingerprint density at radius 2 is 1.91 bits per heavy atom. The van der Waals surface area contributed by atoms with Crippen LogP contribution in [0.25, 0.3) is 11.5 Å². The maximum absolute atomic E-state index is 12.6. The molecule has 0 unspecified atom stereocenters. The van der Waals surface area contributed by atoms with Gasteiger partial charge in [0.1, 0.15) is 0 Å². The smallest absolute Gasteiger partial charge is 0.277 e. The molecular weight excluding hydrogens is 310 g/mol. The number of hydrogen-bond acceptors (Lipinski definition) is 6. The molecule has 0 saturated carbocycles. The summed E-state index contributed by atoms with van der Waals surface area (Å²) in [7, 11) is 0. The summed E-state index contributed by atoms with van der Waals surface area (Å²) in [5.74, 6) is 0.582. The van der Waals surface area contributed by atoms with Crippen molar-refractivity contribution < 1.29 is 9.21 Å². The normalized spacial score (nSPS) is 17.0. The Hall–Kier alpha value is -2.47. The highest BCUT2D eigenvalue weighted by Gasteiger charge is 2.29. The zero-order valence-electron chi connectivity index (χ0n) is 12.2. The third-order valence-electron chi connectivity index (χ3n) is 3.83. The molecule has 4 rings (SSSR count). The van der Waals surface area contributed by atoms with Crippen LogP contribution in [-0.2, 0) is 6.42 Å². The van der Waals surface area contributed by atoms with Gasteiger partial charge in [-0.1, -0.05) is 36.0 Å². The highest BCUT2D eigenvalue weighted by atomic mass is 32.2. The molecule has 2 aromatic heterocycles. The summed E-state index contributed by atoms with van der Waals surface area (Å²) in [6, 6.07) is 11.4. The molecule has 0 amide bonds. The molecule has 1 aromatic carbocycles. The minimum atomic E-state index is -0.171. The van der Waals surface area contributed by atoms with Crippen molar-refractivity contribution in [1.29, 1.82) is 0 Å². The number of carbonyl (C=O) groups is 1. The molecule has 5 nitrogen and oxygen atoms in total. The second-order valence-electron chi connectivity index (χ2n) is 5.28. The van der Waals surface area contributed by atoms with Crippen LogP contribution in [0.2, 0.25) is 0 Å². The third kappa shape index (κ3) is 2.77. The summed E-state index contributed by atoms with van der Waals surface area (Å²) < 4.78 is 5.67. The molecule has 0 N–H and O–H groups in total. The lowest BCUT2D eigenvalue weighted by Gasteiger charge is -2.21. The fourth-order valence-electron chi connectivity index (χ4n) is 2.67. The van der Waals surface area contributed by atoms with Gasteiger partial charge in [-0.25, -0.2) is 0 Å². The molecule has 1 aliphatic rings. The van der Waals surface area contributed by atoms with E-state index in [-0.39, 0.29) is 11.0 Å². The van der Waals surface area contributed by atoms with Crippen molar-refractivity contribution in [2.45, 2.75) is 23.3 Å². The molecule has 23 heavy (non-hydrogen) atoms. The Labute approximate surface area is 137 Å². The monoisotopic (exact) mass is 323 g/mol. The fourth-order valence-corrected chi connectivity index (χ4v) is 3.60. The highest BCUT2D eigenvalue weighted by molar-refractivity contribution is 8.00. The average Bonchev–Trinajstić information content (AvgIpc) is 3.07. The summed E-state index contributed by atoms with van der Waals surface area (Å²) in [6.07, 6.45) is 5.03. The number of Topliss-reactive ketones (excluding diaryl/α,β-unsaturated/α-hetero) is 1. The summed E-state index contributed by atoms with van der Waals surface area (Å²) >= 11 is 1.35. The summed E-state index contributed by atoms with van der Waals surface area (Å²) in [4.78, 5) is 16.5. The van der Waals surface area contributed by atoms with Crippen LogP contribution >= 0.6 is 11.8 Å². The van der Waals surface area contributed by atoms with Crippen LogP contribution < -0.4 is 0 Å². The van der Waals surface area contributed by atoms with Gasteiger partial charge in [-0.05, 0) is 30.5 Å². The predicted octanol–water partition coefficient (Wildman–Crippen LogP) is 3.42. The van der Waals surface area contributed by atoms with Crippen molar-refractivity contribution >= 4 is 17.5 Å². The van der Waals surface area contributed by atoms with Gasteiger partial charge in [0.2, 0.25) is 5.89 Å². The molecule has 0 saturated heterocycles. The number of nitrogens with zero attached hydrogens (tertiary/aromatic N) is 3. The molecule has 114 valence electrons. The van der Waals surface area contributed by atoms with Crippen LogP contribution in [0.4, 0.5) is 0 Å². The van der Waals surface area contributed by atoms with Crippen LogP contribution in [0, 0.1) is 0 Å². The van der Waals surface area contributed by atoms with Gasteiger partial charge in [0.15, 0.2) is 5.78 Å². The second kappa shape index (κ2) is 5.96. The van der Waals surface area contributed by atoms with Gasteiger partial charge in [-0.15, -0.1) is 10.2 Å². The maximum atomic E-state index is 12.6. The summed E-state index contributed by atoms with van der Waals surface area (Å²) in [5, 5.41) is 8.35. The quantitative estimate of drug-likeness (QED) is 0.735. The molecule has 2 heterocycles. The van der Waals surface area contributed by atoms with Crippen LogP contribution in [0.1, 0.15) is 22.3 Å². The van der Waals surface area contributed by atoms with Gasteiger partial charge in [0, 0.05) is 23.5 Å². The van der Waals surface area contributed by atoms with E-state index in [1.807, 2.05) is 36.4 Å². The number of benzene rings is 1. The van der Waals surface area contributed by atoms with E-state index < -0.39 is 0 Å². The van der Waals surface area contributed by atoms with E-state index in [1.165, 1.54) is 11.8 Å². The average molecular weight is 323 g/mol. The Kier molecular flexibility index (Phi) is 3.67. The van der Waals surface area contributed by atoms with E-state index in [1.54, 1.807) is 12.4 Å². The molecular formula is C17H13N3O2S. The third-order valence-corrected chi connectivity index (χ3v) is 4.93. The molecule has 1 atom stereocenters. The number of fused-ring (bicyclic) bond motifs is 1. The number of ketones is 1.